The highest BCUT2D eigenvalue weighted by atomic mass is 16.4. The number of carbonyl (C=O) groups is 1. The summed E-state index contributed by atoms with van der Waals surface area (Å²) in [7, 11) is 0. The van der Waals surface area contributed by atoms with Crippen molar-refractivity contribution < 1.29 is 9.90 Å². The van der Waals surface area contributed by atoms with Crippen LogP contribution in [0.4, 0.5) is 0 Å². The minimum Gasteiger partial charge on any atom is -0.481 e. The van der Waals surface area contributed by atoms with E-state index in [1.165, 1.54) is 0 Å². The van der Waals surface area contributed by atoms with Gasteiger partial charge in [-0.15, -0.1) is 5.10 Å². The third-order valence-corrected chi connectivity index (χ3v) is 2.77. The molecule has 0 aliphatic heterocycles. The molecule has 0 aliphatic carbocycles. The standard InChI is InChI=1S/C11H21N5O2/c1-4-5-16-10(13-14-15-16)9(12)8(11(17)18)6-7(2)3/h7-9H,4-6,12H2,1-3H3,(H,17,18). The fourth-order valence-corrected chi connectivity index (χ4v) is 1.91. The molecule has 0 bridgehead atoms. The van der Waals surface area contributed by atoms with Gasteiger partial charge in [0.1, 0.15) is 0 Å². The zero-order valence-electron chi connectivity index (χ0n) is 11.1. The molecular formula is C11H21N5O2. The quantitative estimate of drug-likeness (QED) is 0.747. The fourth-order valence-electron chi connectivity index (χ4n) is 1.91. The predicted octanol–water partition coefficient (Wildman–Crippen LogP) is 0.830. The Balaban J connectivity index is 2.90. The summed E-state index contributed by atoms with van der Waals surface area (Å²) in [6.45, 7) is 6.58. The summed E-state index contributed by atoms with van der Waals surface area (Å²) in [6.07, 6.45) is 1.38. The second-order valence-electron chi connectivity index (χ2n) is 4.86. The first-order valence-corrected chi connectivity index (χ1v) is 6.21. The molecule has 0 aliphatic rings. The summed E-state index contributed by atoms with van der Waals surface area (Å²) < 4.78 is 1.58. The lowest BCUT2D eigenvalue weighted by molar-refractivity contribution is -0.143. The molecule has 1 rings (SSSR count). The minimum atomic E-state index is -0.901. The van der Waals surface area contributed by atoms with Crippen LogP contribution in [-0.4, -0.2) is 31.3 Å². The third-order valence-electron chi connectivity index (χ3n) is 2.77. The van der Waals surface area contributed by atoms with E-state index in [1.54, 1.807) is 4.68 Å². The molecule has 3 N–H and O–H groups in total. The van der Waals surface area contributed by atoms with Crippen molar-refractivity contribution in [2.45, 2.75) is 46.2 Å². The molecule has 2 unspecified atom stereocenters. The van der Waals surface area contributed by atoms with Crippen molar-refractivity contribution in [3.63, 3.8) is 0 Å². The van der Waals surface area contributed by atoms with Crippen LogP contribution in [0, 0.1) is 11.8 Å². The van der Waals surface area contributed by atoms with Crippen molar-refractivity contribution in [1.29, 1.82) is 0 Å². The molecule has 2 atom stereocenters. The van der Waals surface area contributed by atoms with Crippen LogP contribution in [0.15, 0.2) is 0 Å². The number of carboxylic acids is 1. The van der Waals surface area contributed by atoms with Gasteiger partial charge >= 0.3 is 5.97 Å². The average molecular weight is 255 g/mol. The van der Waals surface area contributed by atoms with Crippen LogP contribution in [0.3, 0.4) is 0 Å². The van der Waals surface area contributed by atoms with Crippen molar-refractivity contribution in [2.24, 2.45) is 17.6 Å². The SMILES string of the molecule is CCCn1nnnc1C(N)C(CC(C)C)C(=O)O. The molecule has 0 fully saturated rings. The Morgan fingerprint density at radius 3 is 2.67 bits per heavy atom. The number of hydrogen-bond donors (Lipinski definition) is 2. The van der Waals surface area contributed by atoms with E-state index in [4.69, 9.17) is 5.73 Å². The molecule has 18 heavy (non-hydrogen) atoms. The van der Waals surface area contributed by atoms with E-state index in [1.807, 2.05) is 20.8 Å². The van der Waals surface area contributed by atoms with Crippen molar-refractivity contribution in [1.82, 2.24) is 20.2 Å². The van der Waals surface area contributed by atoms with Crippen LogP contribution in [-0.2, 0) is 11.3 Å². The van der Waals surface area contributed by atoms with Gasteiger partial charge in [0.05, 0.1) is 12.0 Å². The lowest BCUT2D eigenvalue weighted by Gasteiger charge is -2.20. The Morgan fingerprint density at radius 2 is 2.17 bits per heavy atom. The van der Waals surface area contributed by atoms with Gasteiger partial charge in [0, 0.05) is 6.54 Å². The van der Waals surface area contributed by atoms with Gasteiger partial charge in [-0.1, -0.05) is 20.8 Å². The summed E-state index contributed by atoms with van der Waals surface area (Å²) >= 11 is 0. The highest BCUT2D eigenvalue weighted by molar-refractivity contribution is 5.71. The maximum absolute atomic E-state index is 11.3. The number of rotatable bonds is 7. The zero-order chi connectivity index (χ0) is 13.7. The monoisotopic (exact) mass is 255 g/mol. The van der Waals surface area contributed by atoms with E-state index in [0.717, 1.165) is 6.42 Å². The lowest BCUT2D eigenvalue weighted by atomic mass is 9.90. The Kier molecular flexibility index (Phi) is 5.21. The van der Waals surface area contributed by atoms with Crippen LogP contribution in [0.5, 0.6) is 0 Å². The van der Waals surface area contributed by atoms with Crippen molar-refractivity contribution >= 4 is 5.97 Å². The van der Waals surface area contributed by atoms with Gasteiger partial charge in [-0.2, -0.15) is 0 Å². The molecule has 0 amide bonds. The number of aromatic nitrogens is 4. The molecule has 7 heteroatoms. The number of aryl methyl sites for hydroxylation is 1. The van der Waals surface area contributed by atoms with Gasteiger partial charge in [-0.3, -0.25) is 4.79 Å². The molecule has 1 aromatic heterocycles. The smallest absolute Gasteiger partial charge is 0.308 e. The summed E-state index contributed by atoms with van der Waals surface area (Å²) in [5.74, 6) is -0.855. The van der Waals surface area contributed by atoms with Gasteiger partial charge in [0.15, 0.2) is 5.82 Å². The molecule has 1 heterocycles. The van der Waals surface area contributed by atoms with Gasteiger partial charge in [0.2, 0.25) is 0 Å². The normalized spacial score (nSPS) is 14.7. The minimum absolute atomic E-state index is 0.257. The largest absolute Gasteiger partial charge is 0.481 e. The van der Waals surface area contributed by atoms with Crippen molar-refractivity contribution in [2.75, 3.05) is 0 Å². The number of nitrogens with zero attached hydrogens (tertiary/aromatic N) is 4. The van der Waals surface area contributed by atoms with Gasteiger partial charge in [0.25, 0.3) is 0 Å². The molecule has 0 spiro atoms. The number of tetrazole rings is 1. The van der Waals surface area contributed by atoms with Crippen LogP contribution in [0.25, 0.3) is 0 Å². The average Bonchev–Trinajstić information content (AvgIpc) is 2.73. The van der Waals surface area contributed by atoms with Crippen LogP contribution in [0.1, 0.15) is 45.5 Å². The molecule has 0 saturated heterocycles. The van der Waals surface area contributed by atoms with Crippen molar-refractivity contribution in [3.05, 3.63) is 5.82 Å². The second-order valence-corrected chi connectivity index (χ2v) is 4.86. The van der Waals surface area contributed by atoms with E-state index < -0.39 is 17.9 Å². The molecule has 7 nitrogen and oxygen atoms in total. The highest BCUT2D eigenvalue weighted by Gasteiger charge is 2.30. The first-order valence-electron chi connectivity index (χ1n) is 6.21. The maximum Gasteiger partial charge on any atom is 0.308 e. The van der Waals surface area contributed by atoms with Crippen molar-refractivity contribution in [3.8, 4) is 0 Å². The first kappa shape index (κ1) is 14.6. The number of hydrogen-bond acceptors (Lipinski definition) is 5. The van der Waals surface area contributed by atoms with Gasteiger partial charge in [-0.25, -0.2) is 4.68 Å². The van der Waals surface area contributed by atoms with Crippen LogP contribution >= 0.6 is 0 Å². The highest BCUT2D eigenvalue weighted by Crippen LogP contribution is 2.24. The number of carboxylic acid groups (broad SMARTS) is 1. The molecule has 0 aromatic carbocycles. The van der Waals surface area contributed by atoms with Gasteiger partial charge < -0.3 is 10.8 Å². The van der Waals surface area contributed by atoms with E-state index in [0.29, 0.717) is 18.8 Å². The van der Waals surface area contributed by atoms with Crippen LogP contribution in [0.2, 0.25) is 0 Å². The topological polar surface area (TPSA) is 107 Å². The fraction of sp³-hybridized carbons (Fsp3) is 0.818. The maximum atomic E-state index is 11.3. The number of aliphatic carboxylic acids is 1. The molecule has 102 valence electrons. The zero-order valence-corrected chi connectivity index (χ0v) is 11.1. The summed E-state index contributed by atoms with van der Waals surface area (Å²) in [5, 5.41) is 20.5. The van der Waals surface area contributed by atoms with Gasteiger partial charge in [-0.05, 0) is 29.2 Å². The summed E-state index contributed by atoms with van der Waals surface area (Å²) in [6, 6.07) is -0.675. The summed E-state index contributed by atoms with van der Waals surface area (Å²) in [4.78, 5) is 11.3. The second kappa shape index (κ2) is 6.44. The Morgan fingerprint density at radius 1 is 1.50 bits per heavy atom. The first-order chi connectivity index (χ1) is 8.47. The van der Waals surface area contributed by atoms with E-state index in [2.05, 4.69) is 15.5 Å². The third kappa shape index (κ3) is 3.49. The number of nitrogens with two attached hydrogens (primary N) is 1. The van der Waals surface area contributed by atoms with Crippen LogP contribution < -0.4 is 5.73 Å². The molecule has 1 aromatic rings. The molecule has 0 saturated carbocycles. The molecule has 0 radical (unpaired) electrons. The Hall–Kier alpha value is -1.50. The predicted molar refractivity (Wildman–Crippen MR) is 65.6 cm³/mol. The molecular weight excluding hydrogens is 234 g/mol. The Bertz CT molecular complexity index is 391. The Labute approximate surface area is 106 Å². The lowest BCUT2D eigenvalue weighted by Crippen LogP contribution is -2.32. The summed E-state index contributed by atoms with van der Waals surface area (Å²) in [5.41, 5.74) is 6.02. The van der Waals surface area contributed by atoms with E-state index in [-0.39, 0.29) is 5.92 Å². The van der Waals surface area contributed by atoms with E-state index >= 15 is 0 Å². The van der Waals surface area contributed by atoms with E-state index in [9.17, 15) is 9.90 Å².